The lowest BCUT2D eigenvalue weighted by atomic mass is 9.65. The Kier molecular flexibility index (Phi) is 1.76. The average molecular weight is 178 g/mol. The van der Waals surface area contributed by atoms with Crippen LogP contribution in [0.3, 0.4) is 0 Å². The van der Waals surface area contributed by atoms with E-state index >= 15 is 0 Å². The summed E-state index contributed by atoms with van der Waals surface area (Å²) < 4.78 is 0. The number of rotatable bonds is 0. The molecule has 0 N–H and O–H groups in total. The first-order valence-corrected chi connectivity index (χ1v) is 6.25. The third-order valence-corrected chi connectivity index (χ3v) is 5.35. The fourth-order valence-electron chi connectivity index (χ4n) is 4.80. The summed E-state index contributed by atoms with van der Waals surface area (Å²) in [5, 5.41) is 0. The van der Waals surface area contributed by atoms with Crippen molar-refractivity contribution in [1.82, 2.24) is 0 Å². The van der Waals surface area contributed by atoms with Crippen LogP contribution in [0.4, 0.5) is 0 Å². The van der Waals surface area contributed by atoms with E-state index < -0.39 is 0 Å². The summed E-state index contributed by atoms with van der Waals surface area (Å²) >= 11 is 0. The molecule has 0 heterocycles. The minimum atomic E-state index is 1.04. The molecule has 6 atom stereocenters. The van der Waals surface area contributed by atoms with Crippen LogP contribution in [0.1, 0.15) is 46.0 Å². The zero-order valence-corrected chi connectivity index (χ0v) is 9.00. The topological polar surface area (TPSA) is 0 Å². The van der Waals surface area contributed by atoms with Crippen molar-refractivity contribution in [2.75, 3.05) is 0 Å². The highest BCUT2D eigenvalue weighted by Gasteiger charge is 2.51. The molecule has 0 aromatic heterocycles. The van der Waals surface area contributed by atoms with E-state index in [0.29, 0.717) is 0 Å². The van der Waals surface area contributed by atoms with E-state index in [1.165, 1.54) is 6.42 Å². The molecule has 3 fully saturated rings. The van der Waals surface area contributed by atoms with E-state index in [0.717, 1.165) is 35.5 Å². The summed E-state index contributed by atoms with van der Waals surface area (Å²) in [5.41, 5.74) is 0. The lowest BCUT2D eigenvalue weighted by Gasteiger charge is -2.40. The van der Waals surface area contributed by atoms with Gasteiger partial charge in [-0.2, -0.15) is 0 Å². The van der Waals surface area contributed by atoms with Crippen molar-refractivity contribution in [2.45, 2.75) is 46.0 Å². The summed E-state index contributed by atoms with van der Waals surface area (Å²) in [6.45, 7) is 4.96. The Bertz CT molecular complexity index is 208. The van der Waals surface area contributed by atoms with Gasteiger partial charge in [0.2, 0.25) is 0 Å². The van der Waals surface area contributed by atoms with Gasteiger partial charge < -0.3 is 0 Å². The molecule has 0 heteroatoms. The average Bonchev–Trinajstić information content (AvgIpc) is 2.61. The molecule has 2 bridgehead atoms. The molecule has 0 nitrogen and oxygen atoms in total. The van der Waals surface area contributed by atoms with Gasteiger partial charge in [-0.1, -0.05) is 20.3 Å². The fourth-order valence-corrected chi connectivity index (χ4v) is 4.80. The molecule has 3 saturated carbocycles. The van der Waals surface area contributed by atoms with Crippen LogP contribution in [0.5, 0.6) is 0 Å². The van der Waals surface area contributed by atoms with Crippen molar-refractivity contribution in [1.29, 1.82) is 0 Å². The molecular weight excluding hydrogens is 156 g/mol. The van der Waals surface area contributed by atoms with E-state index in [9.17, 15) is 0 Å². The van der Waals surface area contributed by atoms with Crippen LogP contribution < -0.4 is 0 Å². The van der Waals surface area contributed by atoms with Crippen molar-refractivity contribution in [2.24, 2.45) is 35.5 Å². The Hall–Kier alpha value is 0. The summed E-state index contributed by atoms with van der Waals surface area (Å²) in [6.07, 6.45) is 7.83. The van der Waals surface area contributed by atoms with Crippen molar-refractivity contribution in [3.05, 3.63) is 0 Å². The van der Waals surface area contributed by atoms with Gasteiger partial charge >= 0.3 is 0 Å². The molecule has 0 radical (unpaired) electrons. The third-order valence-electron chi connectivity index (χ3n) is 5.35. The van der Waals surface area contributed by atoms with Crippen LogP contribution in [-0.4, -0.2) is 0 Å². The molecular formula is C13H22. The van der Waals surface area contributed by atoms with E-state index in [4.69, 9.17) is 0 Å². The lowest BCUT2D eigenvalue weighted by Crippen LogP contribution is -2.31. The second kappa shape index (κ2) is 2.74. The smallest absolute Gasteiger partial charge is 0.0352 e. The zero-order chi connectivity index (χ0) is 9.00. The Morgan fingerprint density at radius 3 is 2.46 bits per heavy atom. The van der Waals surface area contributed by atoms with Crippen molar-refractivity contribution in [3.8, 4) is 0 Å². The van der Waals surface area contributed by atoms with Gasteiger partial charge in [0.15, 0.2) is 0 Å². The highest BCUT2D eigenvalue weighted by Crippen LogP contribution is 2.60. The lowest BCUT2D eigenvalue weighted by molar-refractivity contribution is 0.0971. The maximum atomic E-state index is 2.50. The van der Waals surface area contributed by atoms with E-state index in [1.54, 1.807) is 25.7 Å². The van der Waals surface area contributed by atoms with Crippen molar-refractivity contribution >= 4 is 0 Å². The molecule has 74 valence electrons. The van der Waals surface area contributed by atoms with Gasteiger partial charge in [0.1, 0.15) is 0 Å². The first kappa shape index (κ1) is 8.32. The summed E-state index contributed by atoms with van der Waals surface area (Å²) in [6, 6.07) is 0. The van der Waals surface area contributed by atoms with Gasteiger partial charge in [-0.25, -0.2) is 0 Å². The number of hydrogen-bond acceptors (Lipinski definition) is 0. The maximum Gasteiger partial charge on any atom is -0.0352 e. The van der Waals surface area contributed by atoms with Gasteiger partial charge in [0, 0.05) is 0 Å². The largest absolute Gasteiger partial charge is 0.0625 e. The second-order valence-corrected chi connectivity index (χ2v) is 6.12. The van der Waals surface area contributed by atoms with Crippen LogP contribution in [0.25, 0.3) is 0 Å². The van der Waals surface area contributed by atoms with Crippen LogP contribution in [0.2, 0.25) is 0 Å². The molecule has 0 spiro atoms. The van der Waals surface area contributed by atoms with Gasteiger partial charge in [0.25, 0.3) is 0 Å². The molecule has 0 amide bonds. The molecule has 0 aliphatic heterocycles. The molecule has 3 aliphatic rings. The molecule has 0 aromatic rings. The first-order valence-electron chi connectivity index (χ1n) is 6.25. The first-order chi connectivity index (χ1) is 6.25. The van der Waals surface area contributed by atoms with Gasteiger partial charge in [0.05, 0.1) is 0 Å². The Balaban J connectivity index is 1.81. The quantitative estimate of drug-likeness (QED) is 0.530. The number of hydrogen-bond donors (Lipinski definition) is 0. The highest BCUT2D eigenvalue weighted by atomic mass is 14.6. The normalized spacial score (nSPS) is 59.5. The summed E-state index contributed by atoms with van der Waals surface area (Å²) in [4.78, 5) is 0. The van der Waals surface area contributed by atoms with Crippen LogP contribution >= 0.6 is 0 Å². The van der Waals surface area contributed by atoms with E-state index in [2.05, 4.69) is 13.8 Å². The predicted octanol–water partition coefficient (Wildman–Crippen LogP) is 3.71. The molecule has 6 unspecified atom stereocenters. The van der Waals surface area contributed by atoms with Gasteiger partial charge in [-0.15, -0.1) is 0 Å². The Morgan fingerprint density at radius 1 is 0.769 bits per heavy atom. The zero-order valence-electron chi connectivity index (χ0n) is 9.00. The Morgan fingerprint density at radius 2 is 1.62 bits per heavy atom. The van der Waals surface area contributed by atoms with E-state index in [-0.39, 0.29) is 0 Å². The second-order valence-electron chi connectivity index (χ2n) is 6.12. The van der Waals surface area contributed by atoms with Gasteiger partial charge in [-0.05, 0) is 61.2 Å². The molecule has 3 rings (SSSR count). The minimum Gasteiger partial charge on any atom is -0.0625 e. The van der Waals surface area contributed by atoms with Crippen molar-refractivity contribution in [3.63, 3.8) is 0 Å². The molecule has 0 saturated heterocycles. The third kappa shape index (κ3) is 1.10. The van der Waals surface area contributed by atoms with Crippen molar-refractivity contribution < 1.29 is 0 Å². The monoisotopic (exact) mass is 178 g/mol. The van der Waals surface area contributed by atoms with Crippen LogP contribution in [-0.2, 0) is 0 Å². The van der Waals surface area contributed by atoms with E-state index in [1.807, 2.05) is 0 Å². The highest BCUT2D eigenvalue weighted by molar-refractivity contribution is 5.01. The summed E-state index contributed by atoms with van der Waals surface area (Å²) in [5.74, 6) is 6.71. The number of fused-ring (bicyclic) bond motifs is 5. The predicted molar refractivity (Wildman–Crippen MR) is 55.4 cm³/mol. The molecule has 13 heavy (non-hydrogen) atoms. The standard InChI is InChI=1S/C13H22/c1-8-3-4-11-12-7-10(6-9(12)2)13(11)5-8/h8-13H,3-7H2,1-2H3. The van der Waals surface area contributed by atoms with Crippen LogP contribution in [0.15, 0.2) is 0 Å². The summed E-state index contributed by atoms with van der Waals surface area (Å²) in [7, 11) is 0. The fraction of sp³-hybridized carbons (Fsp3) is 1.00. The maximum absolute atomic E-state index is 2.50. The van der Waals surface area contributed by atoms with Gasteiger partial charge in [-0.3, -0.25) is 0 Å². The minimum absolute atomic E-state index is 1.04. The molecule has 0 aromatic carbocycles. The molecule has 3 aliphatic carbocycles. The van der Waals surface area contributed by atoms with Crippen LogP contribution in [0, 0.1) is 35.5 Å². The Labute approximate surface area is 82.1 Å². The SMILES string of the molecule is CC1CCC2C3CC(CC3C)C2C1.